The molecule has 0 aromatic heterocycles. The fraction of sp³-hybridized carbons (Fsp3) is 0.609. The number of ether oxygens (including phenoxy) is 1. The van der Waals surface area contributed by atoms with E-state index in [0.717, 1.165) is 5.57 Å². The molecule has 0 saturated heterocycles. The Morgan fingerprint density at radius 3 is 2.69 bits per heavy atom. The van der Waals surface area contributed by atoms with Crippen LogP contribution in [0, 0.1) is 22.7 Å². The number of esters is 1. The molecule has 29 heavy (non-hydrogen) atoms. The molecule has 6 atom stereocenters. The first kappa shape index (κ1) is 20.2. The second-order valence-electron chi connectivity index (χ2n) is 9.28. The van der Waals surface area contributed by atoms with E-state index in [9.17, 15) is 19.5 Å². The van der Waals surface area contributed by atoms with Gasteiger partial charge in [-0.05, 0) is 56.3 Å². The van der Waals surface area contributed by atoms with Gasteiger partial charge >= 0.3 is 5.97 Å². The van der Waals surface area contributed by atoms with Crippen molar-refractivity contribution in [3.8, 4) is 0 Å². The summed E-state index contributed by atoms with van der Waals surface area (Å²) in [5.74, 6) is -1.64. The van der Waals surface area contributed by atoms with E-state index in [2.05, 4.69) is 0 Å². The van der Waals surface area contributed by atoms with Gasteiger partial charge in [0, 0.05) is 23.7 Å². The van der Waals surface area contributed by atoms with Crippen molar-refractivity contribution in [1.82, 2.24) is 0 Å². The van der Waals surface area contributed by atoms with Crippen molar-refractivity contribution in [2.45, 2.75) is 58.2 Å². The van der Waals surface area contributed by atoms with E-state index in [4.69, 9.17) is 4.74 Å². The standard InChI is InChI=1S/C23H27FO5/c1-13(26)29-20-11-21(2)16(6-7-18(21)19(28)12-25)17-5-4-14-10-15(27)8-9-22(14,3)23(17,20)24/h7-10,16-17,20,25H,4-6,11-12H2,1-3H3. The molecule has 6 unspecified atom stereocenters. The molecule has 0 heterocycles. The highest BCUT2D eigenvalue weighted by atomic mass is 19.1. The lowest BCUT2D eigenvalue weighted by molar-refractivity contribution is -0.206. The molecule has 0 aromatic rings. The van der Waals surface area contributed by atoms with Crippen molar-refractivity contribution >= 4 is 17.5 Å². The SMILES string of the molecule is CC(=O)OC1CC2(C)C(C(=O)CO)=CCC2C2CCC3=CC(=O)C=CC3(C)C12F. The number of carbonyl (C=O) groups excluding carboxylic acids is 3. The van der Waals surface area contributed by atoms with E-state index < -0.39 is 41.1 Å². The lowest BCUT2D eigenvalue weighted by atomic mass is 9.45. The second kappa shape index (κ2) is 6.46. The van der Waals surface area contributed by atoms with Crippen LogP contribution in [0.5, 0.6) is 0 Å². The number of carbonyl (C=O) groups is 3. The van der Waals surface area contributed by atoms with Crippen LogP contribution in [0.1, 0.15) is 46.5 Å². The van der Waals surface area contributed by atoms with Gasteiger partial charge in [0.1, 0.15) is 12.7 Å². The van der Waals surface area contributed by atoms with E-state index in [1.165, 1.54) is 19.1 Å². The number of hydrogen-bond donors (Lipinski definition) is 1. The van der Waals surface area contributed by atoms with E-state index in [0.29, 0.717) is 24.8 Å². The average Bonchev–Trinajstić information content (AvgIpc) is 2.99. The lowest BCUT2D eigenvalue weighted by Crippen LogP contribution is -2.67. The molecule has 0 bridgehead atoms. The van der Waals surface area contributed by atoms with Gasteiger partial charge < -0.3 is 9.84 Å². The van der Waals surface area contributed by atoms with Crippen LogP contribution < -0.4 is 0 Å². The molecule has 0 aliphatic heterocycles. The van der Waals surface area contributed by atoms with Gasteiger partial charge in [0.2, 0.25) is 0 Å². The van der Waals surface area contributed by atoms with Crippen LogP contribution >= 0.6 is 0 Å². The Morgan fingerprint density at radius 2 is 2.03 bits per heavy atom. The van der Waals surface area contributed by atoms with Gasteiger partial charge in [-0.15, -0.1) is 0 Å². The van der Waals surface area contributed by atoms with Crippen molar-refractivity contribution < 1.29 is 28.6 Å². The van der Waals surface area contributed by atoms with Crippen molar-refractivity contribution in [1.29, 1.82) is 0 Å². The monoisotopic (exact) mass is 402 g/mol. The van der Waals surface area contributed by atoms with E-state index in [1.54, 1.807) is 13.0 Å². The normalized spacial score (nSPS) is 42.9. The van der Waals surface area contributed by atoms with Crippen LogP contribution in [-0.4, -0.2) is 41.0 Å². The number of Topliss-reactive ketones (excluding diaryl/α,β-unsaturated/α-hetero) is 1. The third-order valence-electron chi connectivity index (χ3n) is 7.95. The lowest BCUT2D eigenvalue weighted by Gasteiger charge is -2.62. The van der Waals surface area contributed by atoms with Crippen LogP contribution in [-0.2, 0) is 19.1 Å². The summed E-state index contributed by atoms with van der Waals surface area (Å²) in [6.07, 6.45) is 7.17. The van der Waals surface area contributed by atoms with Gasteiger partial charge in [0.15, 0.2) is 17.2 Å². The number of alkyl halides is 1. The van der Waals surface area contributed by atoms with Gasteiger partial charge in [-0.1, -0.05) is 24.6 Å². The minimum Gasteiger partial charge on any atom is -0.459 e. The molecule has 156 valence electrons. The molecule has 0 spiro atoms. The molecule has 1 N–H and O–H groups in total. The number of hydrogen-bond acceptors (Lipinski definition) is 5. The Morgan fingerprint density at radius 1 is 1.31 bits per heavy atom. The number of fused-ring (bicyclic) bond motifs is 5. The van der Waals surface area contributed by atoms with E-state index in [-0.39, 0.29) is 23.9 Å². The minimum atomic E-state index is -1.88. The highest BCUT2D eigenvalue weighted by molar-refractivity contribution is 6.01. The molecule has 4 rings (SSSR count). The molecule has 0 aromatic carbocycles. The Labute approximate surface area is 169 Å². The minimum absolute atomic E-state index is 0.130. The quantitative estimate of drug-likeness (QED) is 0.734. The first-order valence-corrected chi connectivity index (χ1v) is 10.2. The third-order valence-corrected chi connectivity index (χ3v) is 7.95. The summed E-state index contributed by atoms with van der Waals surface area (Å²) in [6.45, 7) is 4.38. The summed E-state index contributed by atoms with van der Waals surface area (Å²) in [4.78, 5) is 36.2. The molecule has 2 fully saturated rings. The van der Waals surface area contributed by atoms with Crippen molar-refractivity contribution in [3.63, 3.8) is 0 Å². The van der Waals surface area contributed by atoms with Crippen LogP contribution in [0.3, 0.4) is 0 Å². The average molecular weight is 402 g/mol. The predicted octanol–water partition coefficient (Wildman–Crippen LogP) is 3.03. The van der Waals surface area contributed by atoms with Crippen LogP contribution in [0.25, 0.3) is 0 Å². The highest BCUT2D eigenvalue weighted by Gasteiger charge is 2.71. The van der Waals surface area contributed by atoms with Gasteiger partial charge in [-0.25, -0.2) is 4.39 Å². The Kier molecular flexibility index (Phi) is 4.50. The fourth-order valence-corrected chi connectivity index (χ4v) is 6.59. The summed E-state index contributed by atoms with van der Waals surface area (Å²) in [6, 6.07) is 0. The summed E-state index contributed by atoms with van der Waals surface area (Å²) in [7, 11) is 0. The van der Waals surface area contributed by atoms with Gasteiger partial charge in [-0.2, -0.15) is 0 Å². The number of rotatable bonds is 3. The van der Waals surface area contributed by atoms with Gasteiger partial charge in [-0.3, -0.25) is 14.4 Å². The largest absolute Gasteiger partial charge is 0.459 e. The summed E-state index contributed by atoms with van der Waals surface area (Å²) in [5.41, 5.74) is -2.33. The topological polar surface area (TPSA) is 80.7 Å². The molecular weight excluding hydrogens is 375 g/mol. The zero-order chi connectivity index (χ0) is 21.2. The zero-order valence-electron chi connectivity index (χ0n) is 17.0. The Hall–Kier alpha value is -2.08. The predicted molar refractivity (Wildman–Crippen MR) is 103 cm³/mol. The van der Waals surface area contributed by atoms with Crippen molar-refractivity contribution in [2.75, 3.05) is 6.61 Å². The molecule has 2 saturated carbocycles. The summed E-state index contributed by atoms with van der Waals surface area (Å²) in [5, 5.41) is 9.42. The smallest absolute Gasteiger partial charge is 0.303 e. The fourth-order valence-electron chi connectivity index (χ4n) is 6.59. The van der Waals surface area contributed by atoms with Crippen LogP contribution in [0.2, 0.25) is 0 Å². The summed E-state index contributed by atoms with van der Waals surface area (Å²) < 4.78 is 22.8. The first-order chi connectivity index (χ1) is 13.6. The molecule has 4 aliphatic carbocycles. The maximum atomic E-state index is 17.3. The van der Waals surface area contributed by atoms with Crippen molar-refractivity contribution in [2.24, 2.45) is 22.7 Å². The highest BCUT2D eigenvalue weighted by Crippen LogP contribution is 2.68. The van der Waals surface area contributed by atoms with E-state index in [1.807, 2.05) is 13.0 Å². The van der Waals surface area contributed by atoms with Gasteiger partial charge in [0.05, 0.1) is 0 Å². The maximum absolute atomic E-state index is 17.3. The molecule has 5 nitrogen and oxygen atoms in total. The zero-order valence-corrected chi connectivity index (χ0v) is 17.0. The number of halogens is 1. The van der Waals surface area contributed by atoms with Gasteiger partial charge in [0.25, 0.3) is 0 Å². The Balaban J connectivity index is 1.84. The third kappa shape index (κ3) is 2.57. The van der Waals surface area contributed by atoms with Crippen LogP contribution in [0.15, 0.2) is 35.5 Å². The molecule has 4 aliphatic rings. The first-order valence-electron chi connectivity index (χ1n) is 10.2. The molecule has 0 radical (unpaired) electrons. The maximum Gasteiger partial charge on any atom is 0.303 e. The number of aliphatic hydroxyl groups is 1. The summed E-state index contributed by atoms with van der Waals surface area (Å²) >= 11 is 0. The molecule has 0 amide bonds. The number of ketones is 2. The Bertz CT molecular complexity index is 886. The second-order valence-corrected chi connectivity index (χ2v) is 9.28. The molecular formula is C23H27FO5. The van der Waals surface area contributed by atoms with Crippen LogP contribution in [0.4, 0.5) is 4.39 Å². The van der Waals surface area contributed by atoms with Crippen molar-refractivity contribution in [3.05, 3.63) is 35.5 Å². The molecule has 6 heteroatoms. The number of allylic oxidation sites excluding steroid dienone is 5. The number of aliphatic hydroxyl groups excluding tert-OH is 1. The van der Waals surface area contributed by atoms with E-state index >= 15 is 4.39 Å².